The van der Waals surface area contributed by atoms with Gasteiger partial charge in [0.15, 0.2) is 0 Å². The van der Waals surface area contributed by atoms with E-state index in [-0.39, 0.29) is 6.92 Å². The maximum absolute atomic E-state index is 12.0. The largest absolute Gasteiger partial charge is 0.427 e. The van der Waals surface area contributed by atoms with Crippen LogP contribution < -0.4 is 0 Å². The van der Waals surface area contributed by atoms with Crippen LogP contribution in [0.5, 0.6) is 0 Å². The van der Waals surface area contributed by atoms with Gasteiger partial charge in [-0.1, -0.05) is 23.2 Å². The van der Waals surface area contributed by atoms with Gasteiger partial charge in [-0.05, 0) is 0 Å². The molecule has 0 aliphatic carbocycles. The Morgan fingerprint density at radius 3 is 1.18 bits per heavy atom. The van der Waals surface area contributed by atoms with Gasteiger partial charge in [0.25, 0.3) is 10.3 Å². The minimum Gasteiger partial charge on any atom is -0.203 e. The summed E-state index contributed by atoms with van der Waals surface area (Å²) < 4.78 is 54.8. The molecule has 68 valence electrons. The Hall–Kier alpha value is 0.230. The second-order valence-electron chi connectivity index (χ2n) is 1.96. The normalized spacial score (nSPS) is 15.3. The summed E-state index contributed by atoms with van der Waals surface area (Å²) in [6.45, 7) is 0.000486. The Labute approximate surface area is 69.3 Å². The molecular formula is C4H3Cl2F5. The van der Waals surface area contributed by atoms with Gasteiger partial charge >= 0.3 is 6.18 Å². The first-order valence-corrected chi connectivity index (χ1v) is 3.08. The molecule has 0 atom stereocenters. The molecular weight excluding hydrogens is 214 g/mol. The summed E-state index contributed by atoms with van der Waals surface area (Å²) in [5, 5.41) is 0. The number of hydrogen-bond donors (Lipinski definition) is 0. The Morgan fingerprint density at radius 1 is 0.909 bits per heavy atom. The molecule has 7 heteroatoms. The van der Waals surface area contributed by atoms with Crippen LogP contribution in [0, 0.1) is 0 Å². The molecule has 0 aromatic heterocycles. The lowest BCUT2D eigenvalue weighted by Gasteiger charge is -2.28. The molecule has 0 nitrogen and oxygen atoms in total. The highest BCUT2D eigenvalue weighted by Gasteiger charge is 2.65. The minimum absolute atomic E-state index is 0.000486. The summed E-state index contributed by atoms with van der Waals surface area (Å²) in [5.41, 5.74) is 0. The van der Waals surface area contributed by atoms with Crippen molar-refractivity contribution in [1.82, 2.24) is 0 Å². The zero-order chi connectivity index (χ0) is 9.50. The number of rotatable bonds is 1. The van der Waals surface area contributed by atoms with Crippen LogP contribution in [0.2, 0.25) is 0 Å². The molecule has 0 saturated heterocycles. The molecule has 0 rings (SSSR count). The highest BCUT2D eigenvalue weighted by atomic mass is 35.5. The van der Waals surface area contributed by atoms with Crippen LogP contribution in [0.3, 0.4) is 0 Å². The van der Waals surface area contributed by atoms with Crippen molar-refractivity contribution >= 4 is 23.2 Å². The van der Waals surface area contributed by atoms with Gasteiger partial charge in [0.05, 0.1) is 0 Å². The summed E-state index contributed by atoms with van der Waals surface area (Å²) >= 11 is 8.76. The summed E-state index contributed by atoms with van der Waals surface area (Å²) in [7, 11) is 0. The summed E-state index contributed by atoms with van der Waals surface area (Å²) in [6.07, 6.45) is -5.34. The zero-order valence-electron chi connectivity index (χ0n) is 5.15. The summed E-state index contributed by atoms with van der Waals surface area (Å²) in [5.74, 6) is -4.21. The molecule has 0 aromatic rings. The van der Waals surface area contributed by atoms with Crippen LogP contribution >= 0.6 is 23.2 Å². The molecule has 0 aromatic carbocycles. The molecule has 11 heavy (non-hydrogen) atoms. The molecule has 0 fully saturated rings. The molecule has 0 heterocycles. The maximum atomic E-state index is 12.0. The van der Waals surface area contributed by atoms with Crippen LogP contribution in [0.4, 0.5) is 22.0 Å². The van der Waals surface area contributed by atoms with E-state index < -0.39 is 16.4 Å². The third-order valence-corrected chi connectivity index (χ3v) is 2.00. The molecule has 0 aliphatic rings. The predicted octanol–water partition coefficient (Wildman–Crippen LogP) is 3.38. The van der Waals surface area contributed by atoms with Gasteiger partial charge in [-0.2, -0.15) is 13.2 Å². The van der Waals surface area contributed by atoms with E-state index in [2.05, 4.69) is 23.2 Å². The molecule has 0 radical (unpaired) electrons. The zero-order valence-corrected chi connectivity index (χ0v) is 6.66. The van der Waals surface area contributed by atoms with E-state index in [1.54, 1.807) is 0 Å². The number of hydrogen-bond acceptors (Lipinski definition) is 0. The predicted molar refractivity (Wildman–Crippen MR) is 31.1 cm³/mol. The van der Waals surface area contributed by atoms with Gasteiger partial charge in [0.1, 0.15) is 0 Å². The van der Waals surface area contributed by atoms with Crippen molar-refractivity contribution in [3.8, 4) is 0 Å². The smallest absolute Gasteiger partial charge is 0.203 e. The Balaban J connectivity index is 4.75. The van der Waals surface area contributed by atoms with Crippen LogP contribution in [-0.2, 0) is 0 Å². The fourth-order valence-electron chi connectivity index (χ4n) is 0.249. The van der Waals surface area contributed by atoms with Crippen LogP contribution in [0.15, 0.2) is 0 Å². The average Bonchev–Trinajstić information content (AvgIpc) is 1.58. The molecule has 0 bridgehead atoms. The SMILES string of the molecule is CC(F)(F)C(Cl)(Cl)C(F)(F)F. The Kier molecular flexibility index (Phi) is 2.68. The summed E-state index contributed by atoms with van der Waals surface area (Å²) in [6, 6.07) is 0. The van der Waals surface area contributed by atoms with Crippen LogP contribution in [0.25, 0.3) is 0 Å². The summed E-state index contributed by atoms with van der Waals surface area (Å²) in [4.78, 5) is 0. The lowest BCUT2D eigenvalue weighted by Crippen LogP contribution is -2.48. The van der Waals surface area contributed by atoms with E-state index >= 15 is 0 Å². The molecule has 0 amide bonds. The quantitative estimate of drug-likeness (QED) is 0.466. The van der Waals surface area contributed by atoms with Crippen molar-refractivity contribution in [1.29, 1.82) is 0 Å². The van der Waals surface area contributed by atoms with Crippen LogP contribution in [0.1, 0.15) is 6.92 Å². The molecule has 0 spiro atoms. The highest BCUT2D eigenvalue weighted by molar-refractivity contribution is 6.49. The molecule has 0 saturated carbocycles. The topological polar surface area (TPSA) is 0 Å². The minimum atomic E-state index is -5.34. The third-order valence-electron chi connectivity index (χ3n) is 0.907. The second-order valence-corrected chi connectivity index (χ2v) is 3.29. The van der Waals surface area contributed by atoms with Crippen molar-refractivity contribution in [3.63, 3.8) is 0 Å². The Morgan fingerprint density at radius 2 is 1.18 bits per heavy atom. The fourth-order valence-corrected chi connectivity index (χ4v) is 0.249. The van der Waals surface area contributed by atoms with E-state index in [4.69, 9.17) is 0 Å². The van der Waals surface area contributed by atoms with E-state index in [1.807, 2.05) is 0 Å². The monoisotopic (exact) mass is 216 g/mol. The Bertz CT molecular complexity index is 128. The molecule has 0 N–H and O–H groups in total. The van der Waals surface area contributed by atoms with Crippen molar-refractivity contribution in [2.24, 2.45) is 0 Å². The van der Waals surface area contributed by atoms with Crippen molar-refractivity contribution in [3.05, 3.63) is 0 Å². The lowest BCUT2D eigenvalue weighted by molar-refractivity contribution is -0.192. The highest BCUT2D eigenvalue weighted by Crippen LogP contribution is 2.49. The number of alkyl halides is 7. The first-order valence-electron chi connectivity index (χ1n) is 2.32. The van der Waals surface area contributed by atoms with Gasteiger partial charge in [-0.25, -0.2) is 8.78 Å². The van der Waals surface area contributed by atoms with Crippen molar-refractivity contribution in [2.45, 2.75) is 23.4 Å². The third kappa shape index (κ3) is 2.08. The standard InChI is InChI=1S/C4H3Cl2F5/c1-2(7,8)3(5,6)4(9,10)11/h1H3. The number of halogens is 7. The first-order chi connectivity index (χ1) is 4.50. The van der Waals surface area contributed by atoms with Crippen molar-refractivity contribution < 1.29 is 22.0 Å². The van der Waals surface area contributed by atoms with E-state index in [0.717, 1.165) is 0 Å². The van der Waals surface area contributed by atoms with Crippen molar-refractivity contribution in [2.75, 3.05) is 0 Å². The maximum Gasteiger partial charge on any atom is 0.427 e. The van der Waals surface area contributed by atoms with E-state index in [9.17, 15) is 22.0 Å². The second kappa shape index (κ2) is 2.62. The fraction of sp³-hybridized carbons (Fsp3) is 1.00. The molecule has 0 aliphatic heterocycles. The van der Waals surface area contributed by atoms with E-state index in [1.165, 1.54) is 0 Å². The average molecular weight is 217 g/mol. The first kappa shape index (κ1) is 11.2. The van der Waals surface area contributed by atoms with E-state index in [0.29, 0.717) is 0 Å². The van der Waals surface area contributed by atoms with Gasteiger partial charge < -0.3 is 0 Å². The van der Waals surface area contributed by atoms with Crippen LogP contribution in [-0.4, -0.2) is 16.4 Å². The molecule has 0 unspecified atom stereocenters. The van der Waals surface area contributed by atoms with Gasteiger partial charge in [-0.15, -0.1) is 0 Å². The van der Waals surface area contributed by atoms with Gasteiger partial charge in [-0.3, -0.25) is 0 Å². The van der Waals surface area contributed by atoms with Gasteiger partial charge in [0.2, 0.25) is 0 Å². The lowest BCUT2D eigenvalue weighted by atomic mass is 10.2. The van der Waals surface area contributed by atoms with Gasteiger partial charge in [0, 0.05) is 6.92 Å².